The molecule has 2 nitrogen and oxygen atoms in total. The molecule has 2 aliphatic rings. The maximum Gasteiger partial charge on any atom is 0.266 e. The summed E-state index contributed by atoms with van der Waals surface area (Å²) in [7, 11) is -2.24. The Kier molecular flexibility index (Phi) is 4.82. The summed E-state index contributed by atoms with van der Waals surface area (Å²) in [5, 5.41) is 0.853. The zero-order valence-electron chi connectivity index (χ0n) is 16.0. The van der Waals surface area contributed by atoms with Crippen LogP contribution in [0.2, 0.25) is 0 Å². The Hall–Kier alpha value is -2.31. The van der Waals surface area contributed by atoms with Crippen molar-refractivity contribution in [1.29, 1.82) is 0 Å². The first-order valence-electron chi connectivity index (χ1n) is 10.3. The van der Waals surface area contributed by atoms with Crippen LogP contribution in [0.25, 0.3) is 11.1 Å². The van der Waals surface area contributed by atoms with E-state index in [0.717, 1.165) is 28.6 Å². The first-order valence-corrected chi connectivity index (χ1v) is 11.6. The van der Waals surface area contributed by atoms with Crippen LogP contribution in [0.5, 0.6) is 5.75 Å². The van der Waals surface area contributed by atoms with Gasteiger partial charge in [-0.2, -0.15) is 0 Å². The van der Waals surface area contributed by atoms with Crippen molar-refractivity contribution in [2.45, 2.75) is 44.4 Å². The monoisotopic (exact) mass is 388 g/mol. The molecule has 3 aromatic carbocycles. The van der Waals surface area contributed by atoms with Crippen molar-refractivity contribution in [3.63, 3.8) is 0 Å². The SMILES string of the molecule is O=[PH]1Oc2c(cc(Cc3ccccc3)cc2C2CCCCC2)-c2ccccc21. The molecule has 1 unspecified atom stereocenters. The van der Waals surface area contributed by atoms with Crippen LogP contribution in [0.4, 0.5) is 0 Å². The Labute approximate surface area is 167 Å². The first kappa shape index (κ1) is 17.8. The van der Waals surface area contributed by atoms with E-state index in [1.54, 1.807) is 0 Å². The molecule has 0 radical (unpaired) electrons. The van der Waals surface area contributed by atoms with E-state index in [2.05, 4.69) is 48.5 Å². The van der Waals surface area contributed by atoms with E-state index in [0.29, 0.717) is 5.92 Å². The Balaban J connectivity index is 1.66. The molecule has 28 heavy (non-hydrogen) atoms. The van der Waals surface area contributed by atoms with E-state index in [1.165, 1.54) is 48.8 Å². The fourth-order valence-corrected chi connectivity index (χ4v) is 5.91. The number of fused-ring (bicyclic) bond motifs is 3. The normalized spacial score (nSPS) is 18.8. The molecule has 5 rings (SSSR count). The largest absolute Gasteiger partial charge is 0.441 e. The summed E-state index contributed by atoms with van der Waals surface area (Å²) in [6, 6.07) is 23.2. The lowest BCUT2D eigenvalue weighted by Gasteiger charge is -2.29. The summed E-state index contributed by atoms with van der Waals surface area (Å²) in [6.07, 6.45) is 7.18. The Bertz CT molecular complexity index is 1020. The van der Waals surface area contributed by atoms with Gasteiger partial charge in [-0.15, -0.1) is 0 Å². The quantitative estimate of drug-likeness (QED) is 0.480. The number of hydrogen-bond acceptors (Lipinski definition) is 2. The summed E-state index contributed by atoms with van der Waals surface area (Å²) in [4.78, 5) is 0. The minimum Gasteiger partial charge on any atom is -0.441 e. The van der Waals surface area contributed by atoms with E-state index in [9.17, 15) is 4.57 Å². The summed E-state index contributed by atoms with van der Waals surface area (Å²) in [6.45, 7) is 0. The topological polar surface area (TPSA) is 26.3 Å². The van der Waals surface area contributed by atoms with Crippen molar-refractivity contribution in [2.75, 3.05) is 0 Å². The molecule has 0 N–H and O–H groups in total. The molecule has 3 heteroatoms. The van der Waals surface area contributed by atoms with Crippen LogP contribution in [0.1, 0.15) is 54.7 Å². The van der Waals surface area contributed by atoms with Crippen molar-refractivity contribution in [3.05, 3.63) is 83.4 Å². The Morgan fingerprint density at radius 2 is 1.57 bits per heavy atom. The van der Waals surface area contributed by atoms with Gasteiger partial charge in [-0.3, -0.25) is 4.57 Å². The number of hydrogen-bond donors (Lipinski definition) is 0. The van der Waals surface area contributed by atoms with Crippen LogP contribution in [-0.4, -0.2) is 0 Å². The molecule has 0 spiro atoms. The van der Waals surface area contributed by atoms with E-state index in [1.807, 2.05) is 18.2 Å². The highest BCUT2D eigenvalue weighted by molar-refractivity contribution is 7.49. The van der Waals surface area contributed by atoms with E-state index in [-0.39, 0.29) is 0 Å². The van der Waals surface area contributed by atoms with Crippen molar-refractivity contribution in [2.24, 2.45) is 0 Å². The van der Waals surface area contributed by atoms with Gasteiger partial charge in [-0.05, 0) is 59.6 Å². The van der Waals surface area contributed by atoms with E-state index >= 15 is 0 Å². The highest BCUT2D eigenvalue weighted by Crippen LogP contribution is 2.49. The molecule has 1 aliphatic heterocycles. The molecule has 1 heterocycles. The fraction of sp³-hybridized carbons (Fsp3) is 0.280. The third-order valence-electron chi connectivity index (χ3n) is 6.11. The lowest BCUT2D eigenvalue weighted by atomic mass is 9.81. The second kappa shape index (κ2) is 7.60. The fourth-order valence-electron chi connectivity index (χ4n) is 4.72. The minimum atomic E-state index is -2.24. The van der Waals surface area contributed by atoms with Gasteiger partial charge in [0.1, 0.15) is 5.75 Å². The second-order valence-corrected chi connectivity index (χ2v) is 9.31. The predicted molar refractivity (Wildman–Crippen MR) is 116 cm³/mol. The molecular weight excluding hydrogens is 363 g/mol. The lowest BCUT2D eigenvalue weighted by Crippen LogP contribution is -2.14. The summed E-state index contributed by atoms with van der Waals surface area (Å²) >= 11 is 0. The van der Waals surface area contributed by atoms with E-state index < -0.39 is 8.03 Å². The van der Waals surface area contributed by atoms with E-state index in [4.69, 9.17) is 4.52 Å². The first-order chi connectivity index (χ1) is 13.8. The van der Waals surface area contributed by atoms with Gasteiger partial charge < -0.3 is 4.52 Å². The third kappa shape index (κ3) is 3.31. The van der Waals surface area contributed by atoms with Crippen LogP contribution in [-0.2, 0) is 11.0 Å². The molecular formula is C25H25O2P. The maximum absolute atomic E-state index is 12.8. The maximum atomic E-state index is 12.8. The summed E-state index contributed by atoms with van der Waals surface area (Å²) in [5.41, 5.74) is 6.10. The molecule has 0 aromatic heterocycles. The van der Waals surface area contributed by atoms with Gasteiger partial charge in [-0.25, -0.2) is 0 Å². The highest BCUT2D eigenvalue weighted by Gasteiger charge is 2.29. The van der Waals surface area contributed by atoms with Gasteiger partial charge in [0, 0.05) is 5.56 Å². The van der Waals surface area contributed by atoms with Gasteiger partial charge in [-0.1, -0.05) is 73.9 Å². The van der Waals surface area contributed by atoms with Gasteiger partial charge in [0.15, 0.2) is 0 Å². The summed E-state index contributed by atoms with van der Waals surface area (Å²) < 4.78 is 18.9. The predicted octanol–water partition coefficient (Wildman–Crippen LogP) is 6.48. The molecule has 0 bridgehead atoms. The van der Waals surface area contributed by atoms with Gasteiger partial charge in [0.05, 0.1) is 5.30 Å². The zero-order chi connectivity index (χ0) is 18.9. The molecule has 0 amide bonds. The standard InChI is InChI=1S/C25H25O2P/c26-28-24-14-8-7-13-21(24)23-17-19(15-18-9-3-1-4-10-18)16-22(25(23)27-28)20-11-5-2-6-12-20/h1,3-4,7-10,13-14,16-17,20,28H,2,5-6,11-12,15H2. The zero-order valence-corrected chi connectivity index (χ0v) is 17.0. The van der Waals surface area contributed by atoms with Crippen LogP contribution < -0.4 is 9.83 Å². The van der Waals surface area contributed by atoms with Crippen molar-refractivity contribution < 1.29 is 9.09 Å². The third-order valence-corrected chi connectivity index (χ3v) is 7.37. The van der Waals surface area contributed by atoms with Crippen molar-refractivity contribution in [1.82, 2.24) is 0 Å². The molecule has 1 aliphatic carbocycles. The van der Waals surface area contributed by atoms with Crippen LogP contribution in [0, 0.1) is 0 Å². The average molecular weight is 388 g/mol. The molecule has 0 saturated heterocycles. The van der Waals surface area contributed by atoms with Gasteiger partial charge >= 0.3 is 0 Å². The minimum absolute atomic E-state index is 0.512. The number of benzene rings is 3. The molecule has 142 valence electrons. The van der Waals surface area contributed by atoms with Crippen LogP contribution in [0.3, 0.4) is 0 Å². The van der Waals surface area contributed by atoms with Crippen LogP contribution >= 0.6 is 8.03 Å². The molecule has 3 aromatic rings. The average Bonchev–Trinajstić information content (AvgIpc) is 2.75. The number of rotatable bonds is 3. The van der Waals surface area contributed by atoms with Crippen LogP contribution in [0.15, 0.2) is 66.7 Å². The molecule has 1 fully saturated rings. The lowest BCUT2D eigenvalue weighted by molar-refractivity contribution is 0.432. The van der Waals surface area contributed by atoms with Gasteiger partial charge in [0.2, 0.25) is 0 Å². The Morgan fingerprint density at radius 3 is 2.39 bits per heavy atom. The summed E-state index contributed by atoms with van der Waals surface area (Å²) in [5.74, 6) is 1.39. The van der Waals surface area contributed by atoms with Crippen molar-refractivity contribution in [3.8, 4) is 16.9 Å². The molecule has 1 atom stereocenters. The highest BCUT2D eigenvalue weighted by atomic mass is 31.1. The Morgan fingerprint density at radius 1 is 0.821 bits per heavy atom. The van der Waals surface area contributed by atoms with Crippen molar-refractivity contribution >= 4 is 13.3 Å². The smallest absolute Gasteiger partial charge is 0.266 e. The molecule has 1 saturated carbocycles. The van der Waals surface area contributed by atoms with Gasteiger partial charge in [0.25, 0.3) is 8.03 Å². The second-order valence-electron chi connectivity index (χ2n) is 7.99.